The molecule has 0 aliphatic heterocycles. The molecule has 0 fully saturated rings. The number of hydrogen-bond acceptors (Lipinski definition) is 5. The zero-order chi connectivity index (χ0) is 18.7. The predicted molar refractivity (Wildman–Crippen MR) is 90.0 cm³/mol. The van der Waals surface area contributed by atoms with E-state index in [9.17, 15) is 18.0 Å². The number of para-hydroxylation sites is 2. The van der Waals surface area contributed by atoms with Gasteiger partial charge in [-0.25, -0.2) is 4.98 Å². The highest BCUT2D eigenvalue weighted by molar-refractivity contribution is 7.13. The summed E-state index contributed by atoms with van der Waals surface area (Å²) >= 11 is 1.45. The van der Waals surface area contributed by atoms with Crippen LogP contribution < -0.4 is 10.1 Å². The molecule has 3 aromatic rings. The third-order valence-electron chi connectivity index (χ3n) is 3.34. The largest absolute Gasteiger partial charge is 0.573 e. The number of nitrogens with zero attached hydrogens (tertiary/aromatic N) is 1. The van der Waals surface area contributed by atoms with Gasteiger partial charge in [0.2, 0.25) is 11.8 Å². The van der Waals surface area contributed by atoms with Gasteiger partial charge in [-0.05, 0) is 30.5 Å². The summed E-state index contributed by atoms with van der Waals surface area (Å²) in [7, 11) is 0. The molecule has 0 saturated carbocycles. The van der Waals surface area contributed by atoms with E-state index in [-0.39, 0.29) is 12.1 Å². The van der Waals surface area contributed by atoms with E-state index >= 15 is 0 Å². The number of amides is 1. The van der Waals surface area contributed by atoms with Crippen molar-refractivity contribution in [2.45, 2.75) is 19.7 Å². The van der Waals surface area contributed by atoms with Crippen molar-refractivity contribution in [3.8, 4) is 16.5 Å². The summed E-state index contributed by atoms with van der Waals surface area (Å²) in [6.07, 6.45) is -4.99. The van der Waals surface area contributed by atoms with Crippen LogP contribution in [0.15, 0.2) is 46.2 Å². The number of oxazole rings is 1. The lowest BCUT2D eigenvalue weighted by Gasteiger charge is -2.13. The van der Waals surface area contributed by atoms with E-state index in [1.54, 1.807) is 6.92 Å². The van der Waals surface area contributed by atoms with E-state index in [1.165, 1.54) is 29.5 Å². The van der Waals surface area contributed by atoms with Crippen molar-refractivity contribution in [1.29, 1.82) is 0 Å². The Kier molecular flexibility index (Phi) is 4.99. The molecule has 1 N–H and O–H groups in total. The molecule has 0 saturated heterocycles. The molecular formula is C17H13F3N2O3S. The molecule has 0 radical (unpaired) electrons. The van der Waals surface area contributed by atoms with E-state index in [2.05, 4.69) is 15.0 Å². The second kappa shape index (κ2) is 7.20. The molecule has 0 unspecified atom stereocenters. The van der Waals surface area contributed by atoms with Crippen molar-refractivity contribution in [2.24, 2.45) is 0 Å². The second-order valence-electron chi connectivity index (χ2n) is 5.27. The van der Waals surface area contributed by atoms with Gasteiger partial charge >= 0.3 is 6.36 Å². The Morgan fingerprint density at radius 2 is 2.04 bits per heavy atom. The van der Waals surface area contributed by atoms with Gasteiger partial charge in [-0.2, -0.15) is 0 Å². The Morgan fingerprint density at radius 1 is 1.27 bits per heavy atom. The summed E-state index contributed by atoms with van der Waals surface area (Å²) in [5.74, 6) is -0.133. The Bertz CT molecular complexity index is 904. The number of ether oxygens (including phenoxy) is 1. The molecule has 0 atom stereocenters. The molecule has 0 spiro atoms. The number of anilines is 1. The molecule has 0 bridgehead atoms. The second-order valence-corrected chi connectivity index (χ2v) is 6.22. The first kappa shape index (κ1) is 18.0. The Hall–Kier alpha value is -2.81. The van der Waals surface area contributed by atoms with Crippen LogP contribution in [0.5, 0.6) is 5.75 Å². The van der Waals surface area contributed by atoms with Gasteiger partial charge in [-0.1, -0.05) is 18.2 Å². The van der Waals surface area contributed by atoms with Gasteiger partial charge in [-0.15, -0.1) is 24.5 Å². The summed E-state index contributed by atoms with van der Waals surface area (Å²) in [5, 5.41) is 4.28. The molecular weight excluding hydrogens is 369 g/mol. The fourth-order valence-corrected chi connectivity index (χ4v) is 2.88. The van der Waals surface area contributed by atoms with Gasteiger partial charge in [0.1, 0.15) is 5.76 Å². The molecule has 2 heterocycles. The first-order valence-electron chi connectivity index (χ1n) is 7.46. The number of thiophene rings is 1. The van der Waals surface area contributed by atoms with Gasteiger partial charge in [0, 0.05) is 0 Å². The first-order chi connectivity index (χ1) is 12.3. The monoisotopic (exact) mass is 382 g/mol. The maximum atomic E-state index is 12.4. The summed E-state index contributed by atoms with van der Waals surface area (Å²) < 4.78 is 46.8. The lowest BCUT2D eigenvalue weighted by Crippen LogP contribution is -2.20. The highest BCUT2D eigenvalue weighted by atomic mass is 32.1. The smallest absolute Gasteiger partial charge is 0.440 e. The predicted octanol–water partition coefficient (Wildman–Crippen LogP) is 4.79. The van der Waals surface area contributed by atoms with Crippen molar-refractivity contribution in [3.63, 3.8) is 0 Å². The van der Waals surface area contributed by atoms with E-state index in [4.69, 9.17) is 4.42 Å². The third-order valence-corrected chi connectivity index (χ3v) is 4.20. The maximum Gasteiger partial charge on any atom is 0.573 e. The van der Waals surface area contributed by atoms with Gasteiger partial charge in [0.25, 0.3) is 0 Å². The van der Waals surface area contributed by atoms with Crippen molar-refractivity contribution >= 4 is 22.9 Å². The molecule has 1 aromatic carbocycles. The van der Waals surface area contributed by atoms with Gasteiger partial charge in [0.05, 0.1) is 22.7 Å². The average Bonchev–Trinajstić information content (AvgIpc) is 3.18. The molecule has 0 aliphatic carbocycles. The molecule has 136 valence electrons. The molecule has 2 aromatic heterocycles. The lowest BCUT2D eigenvalue weighted by atomic mass is 10.2. The summed E-state index contributed by atoms with van der Waals surface area (Å²) in [6, 6.07) is 9.01. The van der Waals surface area contributed by atoms with Crippen molar-refractivity contribution in [2.75, 3.05) is 5.32 Å². The van der Waals surface area contributed by atoms with Crippen LogP contribution in [0, 0.1) is 6.92 Å². The van der Waals surface area contributed by atoms with E-state index in [1.807, 2.05) is 17.5 Å². The van der Waals surface area contributed by atoms with Crippen LogP contribution in [0.25, 0.3) is 10.8 Å². The van der Waals surface area contributed by atoms with Gasteiger partial charge in [-0.3, -0.25) is 4.79 Å². The highest BCUT2D eigenvalue weighted by Crippen LogP contribution is 2.30. The summed E-state index contributed by atoms with van der Waals surface area (Å²) in [6.45, 7) is 1.67. The molecule has 1 amide bonds. The number of carbonyl (C=O) groups excluding carboxylic acids is 1. The van der Waals surface area contributed by atoms with Crippen molar-refractivity contribution in [3.05, 3.63) is 53.2 Å². The number of aryl methyl sites for hydroxylation is 1. The van der Waals surface area contributed by atoms with Crippen LogP contribution >= 0.6 is 11.3 Å². The number of aromatic nitrogens is 1. The molecule has 0 aliphatic rings. The SMILES string of the molecule is Cc1oc(-c2cccs2)nc1CC(=O)Nc1ccccc1OC(F)(F)F. The maximum absolute atomic E-state index is 12.4. The molecule has 9 heteroatoms. The normalized spacial score (nSPS) is 11.4. The minimum atomic E-state index is -4.85. The number of rotatable bonds is 5. The van der Waals surface area contributed by atoms with Gasteiger partial charge in [0.15, 0.2) is 5.75 Å². The quantitative estimate of drug-likeness (QED) is 0.689. The minimum Gasteiger partial charge on any atom is -0.440 e. The number of alkyl halides is 3. The van der Waals surface area contributed by atoms with Crippen LogP contribution in [0.3, 0.4) is 0 Å². The molecule has 26 heavy (non-hydrogen) atoms. The highest BCUT2D eigenvalue weighted by Gasteiger charge is 2.32. The number of benzene rings is 1. The zero-order valence-electron chi connectivity index (χ0n) is 13.5. The van der Waals surface area contributed by atoms with Crippen LogP contribution in [0.2, 0.25) is 0 Å². The number of nitrogens with one attached hydrogen (secondary N) is 1. The van der Waals surface area contributed by atoms with Crippen LogP contribution in [0.4, 0.5) is 18.9 Å². The average molecular weight is 382 g/mol. The van der Waals surface area contributed by atoms with Crippen molar-refractivity contribution in [1.82, 2.24) is 4.98 Å². The Balaban J connectivity index is 1.72. The Morgan fingerprint density at radius 3 is 2.73 bits per heavy atom. The molecule has 3 rings (SSSR count). The zero-order valence-corrected chi connectivity index (χ0v) is 14.3. The first-order valence-corrected chi connectivity index (χ1v) is 8.34. The van der Waals surface area contributed by atoms with E-state index < -0.39 is 18.0 Å². The fraction of sp³-hybridized carbons (Fsp3) is 0.176. The fourth-order valence-electron chi connectivity index (χ4n) is 2.23. The van der Waals surface area contributed by atoms with E-state index in [0.29, 0.717) is 17.3 Å². The summed E-state index contributed by atoms with van der Waals surface area (Å²) in [5.41, 5.74) is 0.342. The lowest BCUT2D eigenvalue weighted by molar-refractivity contribution is -0.274. The van der Waals surface area contributed by atoms with E-state index in [0.717, 1.165) is 10.9 Å². The third kappa shape index (κ3) is 4.42. The van der Waals surface area contributed by atoms with Crippen LogP contribution in [-0.4, -0.2) is 17.3 Å². The van der Waals surface area contributed by atoms with Crippen molar-refractivity contribution < 1.29 is 27.1 Å². The minimum absolute atomic E-state index is 0.0746. The van der Waals surface area contributed by atoms with Crippen LogP contribution in [-0.2, 0) is 11.2 Å². The summed E-state index contributed by atoms with van der Waals surface area (Å²) in [4.78, 5) is 17.3. The number of halogens is 3. The number of carbonyl (C=O) groups is 1. The number of hydrogen-bond donors (Lipinski definition) is 1. The van der Waals surface area contributed by atoms with Crippen LogP contribution in [0.1, 0.15) is 11.5 Å². The molecule has 5 nitrogen and oxygen atoms in total. The Labute approximate surface area is 150 Å². The van der Waals surface area contributed by atoms with Gasteiger partial charge < -0.3 is 14.5 Å². The topological polar surface area (TPSA) is 64.4 Å². The standard InChI is InChI=1S/C17H13F3N2O3S/c1-10-12(22-16(24-10)14-7-4-8-26-14)9-15(23)21-11-5-2-3-6-13(11)25-17(18,19)20/h2-8H,9H2,1H3,(H,21,23).